The lowest BCUT2D eigenvalue weighted by Crippen LogP contribution is -2.03. The fraction of sp³-hybridized carbons (Fsp3) is 0.286. The molecule has 4 nitrogen and oxygen atoms in total. The number of rotatable bonds is 3. The van der Waals surface area contributed by atoms with Crippen LogP contribution in [0.5, 0.6) is 0 Å². The zero-order valence-electron chi connectivity index (χ0n) is 10.7. The summed E-state index contributed by atoms with van der Waals surface area (Å²) in [5.41, 5.74) is 3.08. The normalized spacial score (nSPS) is 10.9. The van der Waals surface area contributed by atoms with Gasteiger partial charge in [0.1, 0.15) is 0 Å². The average Bonchev–Trinajstić information content (AvgIpc) is 2.78. The van der Waals surface area contributed by atoms with E-state index in [1.807, 2.05) is 19.2 Å². The van der Waals surface area contributed by atoms with Gasteiger partial charge in [-0.15, -0.1) is 0 Å². The molecule has 4 heteroatoms. The SMILES string of the molecule is Cc1ccc(C(=O)O)cc1-n1ccc(C(C)C)n1. The van der Waals surface area contributed by atoms with Crippen molar-refractivity contribution in [1.29, 1.82) is 0 Å². The quantitative estimate of drug-likeness (QED) is 0.903. The summed E-state index contributed by atoms with van der Waals surface area (Å²) in [6, 6.07) is 7.01. The minimum atomic E-state index is -0.924. The molecule has 0 atom stereocenters. The maximum atomic E-state index is 11.0. The first-order valence-electron chi connectivity index (χ1n) is 5.89. The second-order valence-electron chi connectivity index (χ2n) is 4.65. The van der Waals surface area contributed by atoms with Gasteiger partial charge in [-0.3, -0.25) is 0 Å². The van der Waals surface area contributed by atoms with Gasteiger partial charge in [0.15, 0.2) is 0 Å². The molecule has 0 aliphatic heterocycles. The highest BCUT2D eigenvalue weighted by Crippen LogP contribution is 2.18. The van der Waals surface area contributed by atoms with Crippen molar-refractivity contribution in [2.75, 3.05) is 0 Å². The van der Waals surface area contributed by atoms with E-state index in [1.54, 1.807) is 22.9 Å². The lowest BCUT2D eigenvalue weighted by atomic mass is 10.1. The standard InChI is InChI=1S/C14H16N2O2/c1-9(2)12-6-7-16(15-12)13-8-11(14(17)18)5-4-10(13)3/h4-9H,1-3H3,(H,17,18). The molecule has 0 amide bonds. The van der Waals surface area contributed by atoms with E-state index < -0.39 is 5.97 Å². The predicted octanol–water partition coefficient (Wildman–Crippen LogP) is 3.00. The van der Waals surface area contributed by atoms with Crippen LogP contribution in [0.25, 0.3) is 5.69 Å². The molecule has 0 radical (unpaired) electrons. The molecule has 2 aromatic rings. The van der Waals surface area contributed by atoms with Crippen LogP contribution < -0.4 is 0 Å². The second kappa shape index (κ2) is 4.64. The Hall–Kier alpha value is -2.10. The molecule has 0 aliphatic carbocycles. The highest BCUT2D eigenvalue weighted by molar-refractivity contribution is 5.88. The Labute approximate surface area is 106 Å². The maximum absolute atomic E-state index is 11.0. The van der Waals surface area contributed by atoms with Crippen LogP contribution in [0, 0.1) is 6.92 Å². The predicted molar refractivity (Wildman–Crippen MR) is 69.3 cm³/mol. The number of benzene rings is 1. The molecule has 1 aromatic carbocycles. The molecule has 0 saturated heterocycles. The first-order valence-corrected chi connectivity index (χ1v) is 5.89. The van der Waals surface area contributed by atoms with E-state index in [0.717, 1.165) is 16.9 Å². The fourth-order valence-corrected chi connectivity index (χ4v) is 1.77. The highest BCUT2D eigenvalue weighted by Gasteiger charge is 2.10. The van der Waals surface area contributed by atoms with Crippen molar-refractivity contribution in [2.24, 2.45) is 0 Å². The van der Waals surface area contributed by atoms with Crippen molar-refractivity contribution in [3.05, 3.63) is 47.3 Å². The fourth-order valence-electron chi connectivity index (χ4n) is 1.77. The van der Waals surface area contributed by atoms with Crippen molar-refractivity contribution in [3.63, 3.8) is 0 Å². The third kappa shape index (κ3) is 2.27. The summed E-state index contributed by atoms with van der Waals surface area (Å²) in [6.45, 7) is 6.10. The monoisotopic (exact) mass is 244 g/mol. The van der Waals surface area contributed by atoms with Crippen LogP contribution in [0.2, 0.25) is 0 Å². The molecule has 0 spiro atoms. The molecule has 2 rings (SSSR count). The van der Waals surface area contributed by atoms with Gasteiger partial charge >= 0.3 is 5.97 Å². The molecule has 0 fully saturated rings. The van der Waals surface area contributed by atoms with Gasteiger partial charge in [-0.2, -0.15) is 5.10 Å². The average molecular weight is 244 g/mol. The largest absolute Gasteiger partial charge is 0.478 e. The van der Waals surface area contributed by atoms with E-state index in [9.17, 15) is 4.79 Å². The van der Waals surface area contributed by atoms with Gasteiger partial charge in [-0.05, 0) is 36.6 Å². The van der Waals surface area contributed by atoms with E-state index >= 15 is 0 Å². The zero-order chi connectivity index (χ0) is 13.3. The van der Waals surface area contributed by atoms with E-state index in [1.165, 1.54) is 0 Å². The number of aromatic carboxylic acids is 1. The summed E-state index contributed by atoms with van der Waals surface area (Å²) >= 11 is 0. The van der Waals surface area contributed by atoms with Crippen molar-refractivity contribution in [1.82, 2.24) is 9.78 Å². The Morgan fingerprint density at radius 1 is 1.33 bits per heavy atom. The minimum Gasteiger partial charge on any atom is -0.478 e. The van der Waals surface area contributed by atoms with E-state index in [-0.39, 0.29) is 5.56 Å². The van der Waals surface area contributed by atoms with Crippen LogP contribution in [-0.4, -0.2) is 20.9 Å². The van der Waals surface area contributed by atoms with Crippen LogP contribution in [-0.2, 0) is 0 Å². The van der Waals surface area contributed by atoms with E-state index in [4.69, 9.17) is 5.11 Å². The van der Waals surface area contributed by atoms with Gasteiger partial charge in [0, 0.05) is 6.20 Å². The molecule has 1 aromatic heterocycles. The van der Waals surface area contributed by atoms with E-state index in [2.05, 4.69) is 18.9 Å². The van der Waals surface area contributed by atoms with Crippen molar-refractivity contribution in [2.45, 2.75) is 26.7 Å². The summed E-state index contributed by atoms with van der Waals surface area (Å²) in [6.07, 6.45) is 1.86. The summed E-state index contributed by atoms with van der Waals surface area (Å²) < 4.78 is 1.73. The molecular weight excluding hydrogens is 228 g/mol. The Bertz CT molecular complexity index is 585. The number of nitrogens with zero attached hydrogens (tertiary/aromatic N) is 2. The molecule has 0 saturated carbocycles. The van der Waals surface area contributed by atoms with Crippen molar-refractivity contribution >= 4 is 5.97 Å². The molecule has 0 aliphatic rings. The molecule has 1 N–H and O–H groups in total. The van der Waals surface area contributed by atoms with Crippen LogP contribution in [0.3, 0.4) is 0 Å². The number of aromatic nitrogens is 2. The molecule has 0 bridgehead atoms. The van der Waals surface area contributed by atoms with Crippen LogP contribution in [0.1, 0.15) is 41.4 Å². The number of hydrogen-bond donors (Lipinski definition) is 1. The summed E-state index contributed by atoms with van der Waals surface area (Å²) in [7, 11) is 0. The molecule has 94 valence electrons. The third-order valence-electron chi connectivity index (χ3n) is 2.90. The number of aryl methyl sites for hydroxylation is 1. The van der Waals surface area contributed by atoms with Gasteiger partial charge in [-0.1, -0.05) is 19.9 Å². The van der Waals surface area contributed by atoms with Crippen LogP contribution in [0.15, 0.2) is 30.5 Å². The van der Waals surface area contributed by atoms with Crippen molar-refractivity contribution in [3.8, 4) is 5.69 Å². The first kappa shape index (κ1) is 12.4. The number of carboxylic acids is 1. The van der Waals surface area contributed by atoms with Gasteiger partial charge in [0.2, 0.25) is 0 Å². The summed E-state index contributed by atoms with van der Waals surface area (Å²) in [4.78, 5) is 11.0. The topological polar surface area (TPSA) is 55.1 Å². The zero-order valence-corrected chi connectivity index (χ0v) is 10.7. The second-order valence-corrected chi connectivity index (χ2v) is 4.65. The smallest absolute Gasteiger partial charge is 0.335 e. The number of carboxylic acid groups (broad SMARTS) is 1. The molecular formula is C14H16N2O2. The van der Waals surface area contributed by atoms with E-state index in [0.29, 0.717) is 5.92 Å². The van der Waals surface area contributed by atoms with Gasteiger partial charge in [-0.25, -0.2) is 9.48 Å². The summed E-state index contributed by atoms with van der Waals surface area (Å²) in [5.74, 6) is -0.568. The highest BCUT2D eigenvalue weighted by atomic mass is 16.4. The van der Waals surface area contributed by atoms with Gasteiger partial charge in [0.05, 0.1) is 16.9 Å². The lowest BCUT2D eigenvalue weighted by molar-refractivity contribution is 0.0697. The van der Waals surface area contributed by atoms with Gasteiger partial charge in [0.25, 0.3) is 0 Å². The minimum absolute atomic E-state index is 0.275. The molecule has 18 heavy (non-hydrogen) atoms. The first-order chi connectivity index (χ1) is 8.49. The number of hydrogen-bond acceptors (Lipinski definition) is 2. The summed E-state index contributed by atoms with van der Waals surface area (Å²) in [5, 5.41) is 13.5. The maximum Gasteiger partial charge on any atom is 0.335 e. The van der Waals surface area contributed by atoms with Crippen molar-refractivity contribution < 1.29 is 9.90 Å². The Morgan fingerprint density at radius 2 is 2.06 bits per heavy atom. The van der Waals surface area contributed by atoms with Gasteiger partial charge < -0.3 is 5.11 Å². The third-order valence-corrected chi connectivity index (χ3v) is 2.90. The Morgan fingerprint density at radius 3 is 2.61 bits per heavy atom. The Balaban J connectivity index is 2.48. The number of carbonyl (C=O) groups is 1. The van der Waals surface area contributed by atoms with Crippen LogP contribution >= 0.6 is 0 Å². The lowest BCUT2D eigenvalue weighted by Gasteiger charge is -2.07. The molecule has 0 unspecified atom stereocenters. The molecule has 1 heterocycles. The Kier molecular flexibility index (Phi) is 3.19. The van der Waals surface area contributed by atoms with Crippen LogP contribution in [0.4, 0.5) is 0 Å².